The highest BCUT2D eigenvalue weighted by atomic mass is 16.8. The van der Waals surface area contributed by atoms with Crippen molar-refractivity contribution < 1.29 is 89.4 Å². The fourth-order valence-electron chi connectivity index (χ4n) is 10.9. The standard InChI is InChI=1S/C67H117NO18/c1-3-5-7-9-11-12-13-14-15-16-17-18-19-20-21-22-23-24-25-26-27-28-29-30-31-32-33-34-35-36-37-38-39-41-43-45-55(73)68-50(51(72)44-42-40-10-8-6-4-2)49-81-65-61(79)58(76)63(53(47-70)83-65)86-67-62(80)59(77)64(54(48-71)84-67)85-66-60(78)57(75)56(74)52(46-69)82-66/h5,7,11-12,14-15,17-18,20-21,42,44,50-54,56-67,69-72,74-80H,3-4,6,8-10,13,16,19,22-41,43,45-49H2,1-2H3,(H,68,73)/b7-5-,12-11-,15-14-,18-17-,21-20-,44-42+. The van der Waals surface area contributed by atoms with Crippen LogP contribution < -0.4 is 5.32 Å². The molecule has 498 valence electrons. The van der Waals surface area contributed by atoms with Crippen molar-refractivity contribution in [3.8, 4) is 0 Å². The SMILES string of the molecule is CC/C=C\C/C=C\C/C=C\C/C=C\C/C=C\CCCCCCCCCCCCCCCCCCCCCC(=O)NC(COC1OC(CO)C(OC2OC(CO)C(OC3OC(CO)C(O)C(O)C3O)C(O)C2O)C(O)C1O)C(O)/C=C/CCCCCC. The number of ether oxygens (including phenoxy) is 6. The fourth-order valence-corrected chi connectivity index (χ4v) is 10.9. The van der Waals surface area contributed by atoms with E-state index in [0.717, 1.165) is 83.5 Å². The lowest BCUT2D eigenvalue weighted by molar-refractivity contribution is -0.379. The Kier molecular flexibility index (Phi) is 44.1. The van der Waals surface area contributed by atoms with Crippen LogP contribution in [0.5, 0.6) is 0 Å². The van der Waals surface area contributed by atoms with Crippen molar-refractivity contribution in [3.63, 3.8) is 0 Å². The predicted molar refractivity (Wildman–Crippen MR) is 332 cm³/mol. The number of unbranched alkanes of at least 4 members (excludes halogenated alkanes) is 23. The lowest BCUT2D eigenvalue weighted by Gasteiger charge is -2.48. The number of allylic oxidation sites excluding steroid dienone is 11. The molecule has 3 aliphatic rings. The Labute approximate surface area is 515 Å². The van der Waals surface area contributed by atoms with Crippen LogP contribution in [0.25, 0.3) is 0 Å². The smallest absolute Gasteiger partial charge is 0.220 e. The zero-order valence-electron chi connectivity index (χ0n) is 52.3. The summed E-state index contributed by atoms with van der Waals surface area (Å²) in [6.07, 6.45) is 34.0. The van der Waals surface area contributed by atoms with Crippen molar-refractivity contribution >= 4 is 5.91 Å². The first kappa shape index (κ1) is 77.5. The molecule has 0 aliphatic carbocycles. The molecule has 0 bridgehead atoms. The molecular weight excluding hydrogens is 1110 g/mol. The molecule has 0 saturated carbocycles. The van der Waals surface area contributed by atoms with Gasteiger partial charge in [-0.05, 0) is 64.2 Å². The van der Waals surface area contributed by atoms with Gasteiger partial charge in [0, 0.05) is 6.42 Å². The van der Waals surface area contributed by atoms with Crippen LogP contribution in [0, 0.1) is 0 Å². The molecule has 0 aromatic heterocycles. The number of carbonyl (C=O) groups excluding carboxylic acids is 1. The molecule has 17 atom stereocenters. The molecule has 86 heavy (non-hydrogen) atoms. The Morgan fingerprint density at radius 2 is 0.802 bits per heavy atom. The van der Waals surface area contributed by atoms with Crippen LogP contribution in [-0.4, -0.2) is 193 Å². The van der Waals surface area contributed by atoms with E-state index >= 15 is 0 Å². The number of aliphatic hydroxyl groups is 11. The van der Waals surface area contributed by atoms with Crippen molar-refractivity contribution in [1.29, 1.82) is 0 Å². The number of hydrogen-bond donors (Lipinski definition) is 12. The van der Waals surface area contributed by atoms with E-state index < -0.39 is 124 Å². The van der Waals surface area contributed by atoms with Gasteiger partial charge in [0.05, 0.1) is 38.6 Å². The summed E-state index contributed by atoms with van der Waals surface area (Å²) in [5, 5.41) is 120. The van der Waals surface area contributed by atoms with Crippen molar-refractivity contribution in [2.75, 3.05) is 26.4 Å². The van der Waals surface area contributed by atoms with Crippen LogP contribution in [-0.2, 0) is 33.2 Å². The molecule has 3 rings (SSSR count). The zero-order chi connectivity index (χ0) is 62.6. The summed E-state index contributed by atoms with van der Waals surface area (Å²) in [4.78, 5) is 13.3. The molecule has 0 spiro atoms. The molecule has 3 fully saturated rings. The summed E-state index contributed by atoms with van der Waals surface area (Å²) >= 11 is 0. The Morgan fingerprint density at radius 1 is 0.430 bits per heavy atom. The molecule has 1 amide bonds. The summed E-state index contributed by atoms with van der Waals surface area (Å²) in [5.41, 5.74) is 0. The van der Waals surface area contributed by atoms with Crippen molar-refractivity contribution in [2.45, 2.75) is 317 Å². The van der Waals surface area contributed by atoms with Crippen molar-refractivity contribution in [2.24, 2.45) is 0 Å². The van der Waals surface area contributed by atoms with Gasteiger partial charge in [0.15, 0.2) is 18.9 Å². The Bertz CT molecular complexity index is 1850. The third-order valence-corrected chi connectivity index (χ3v) is 16.3. The quantitative estimate of drug-likeness (QED) is 0.0204. The minimum absolute atomic E-state index is 0.241. The van der Waals surface area contributed by atoms with E-state index in [9.17, 15) is 61.0 Å². The third kappa shape index (κ3) is 31.3. The maximum absolute atomic E-state index is 13.3. The van der Waals surface area contributed by atoms with Gasteiger partial charge >= 0.3 is 0 Å². The van der Waals surface area contributed by atoms with Gasteiger partial charge in [0.1, 0.15) is 73.2 Å². The minimum atomic E-state index is -1.98. The van der Waals surface area contributed by atoms with Crippen LogP contribution in [0.15, 0.2) is 72.9 Å². The highest BCUT2D eigenvalue weighted by Crippen LogP contribution is 2.33. The van der Waals surface area contributed by atoms with Crippen LogP contribution in [0.4, 0.5) is 0 Å². The van der Waals surface area contributed by atoms with Gasteiger partial charge < -0.3 is 89.9 Å². The Hall–Kier alpha value is -2.77. The minimum Gasteiger partial charge on any atom is -0.394 e. The number of rotatable bonds is 49. The Balaban J connectivity index is 1.28. The Morgan fingerprint density at radius 3 is 1.26 bits per heavy atom. The molecule has 3 saturated heterocycles. The van der Waals surface area contributed by atoms with E-state index in [1.807, 2.05) is 6.08 Å². The number of aliphatic hydroxyl groups excluding tert-OH is 11. The van der Waals surface area contributed by atoms with Crippen LogP contribution in [0.3, 0.4) is 0 Å². The van der Waals surface area contributed by atoms with E-state index in [1.54, 1.807) is 6.08 Å². The van der Waals surface area contributed by atoms with Gasteiger partial charge in [-0.3, -0.25) is 4.79 Å². The average molecular weight is 1220 g/mol. The fraction of sp³-hybridized carbons (Fsp3) is 0.806. The molecule has 17 unspecified atom stereocenters. The number of carbonyl (C=O) groups is 1. The maximum Gasteiger partial charge on any atom is 0.220 e. The maximum atomic E-state index is 13.3. The van der Waals surface area contributed by atoms with Gasteiger partial charge in [-0.25, -0.2) is 0 Å². The van der Waals surface area contributed by atoms with E-state index in [-0.39, 0.29) is 18.9 Å². The normalized spacial score (nSPS) is 29.2. The van der Waals surface area contributed by atoms with Gasteiger partial charge in [-0.15, -0.1) is 0 Å². The van der Waals surface area contributed by atoms with Crippen LogP contribution >= 0.6 is 0 Å². The van der Waals surface area contributed by atoms with Crippen molar-refractivity contribution in [1.82, 2.24) is 5.32 Å². The number of hydrogen-bond acceptors (Lipinski definition) is 18. The first-order valence-corrected chi connectivity index (χ1v) is 33.2. The first-order valence-electron chi connectivity index (χ1n) is 33.2. The molecule has 0 aromatic rings. The average Bonchev–Trinajstić information content (AvgIpc) is 2.46. The van der Waals surface area contributed by atoms with Gasteiger partial charge in [0.2, 0.25) is 5.91 Å². The predicted octanol–water partition coefficient (Wildman–Crippen LogP) is 7.77. The van der Waals surface area contributed by atoms with Gasteiger partial charge in [0.25, 0.3) is 0 Å². The van der Waals surface area contributed by atoms with Crippen LogP contribution in [0.2, 0.25) is 0 Å². The molecule has 0 aromatic carbocycles. The summed E-state index contributed by atoms with van der Waals surface area (Å²) in [5.74, 6) is -0.282. The third-order valence-electron chi connectivity index (χ3n) is 16.3. The van der Waals surface area contributed by atoms with Crippen LogP contribution in [0.1, 0.15) is 213 Å². The molecular formula is C67H117NO18. The second-order valence-electron chi connectivity index (χ2n) is 23.6. The van der Waals surface area contributed by atoms with E-state index in [0.29, 0.717) is 6.42 Å². The lowest BCUT2D eigenvalue weighted by Crippen LogP contribution is -2.66. The van der Waals surface area contributed by atoms with Gasteiger partial charge in [-0.1, -0.05) is 215 Å². The monoisotopic (exact) mass is 1220 g/mol. The molecule has 0 radical (unpaired) electrons. The summed E-state index contributed by atoms with van der Waals surface area (Å²) in [7, 11) is 0. The highest BCUT2D eigenvalue weighted by molar-refractivity contribution is 5.76. The molecule has 19 heteroatoms. The number of amides is 1. The topological polar surface area (TPSA) is 307 Å². The van der Waals surface area contributed by atoms with Gasteiger partial charge in [-0.2, -0.15) is 0 Å². The van der Waals surface area contributed by atoms with Crippen molar-refractivity contribution in [3.05, 3.63) is 72.9 Å². The molecule has 3 heterocycles. The zero-order valence-corrected chi connectivity index (χ0v) is 52.3. The largest absolute Gasteiger partial charge is 0.394 e. The summed E-state index contributed by atoms with van der Waals surface area (Å²) in [6, 6.07) is -0.970. The second-order valence-corrected chi connectivity index (χ2v) is 23.6. The molecule has 12 N–H and O–H groups in total. The van der Waals surface area contributed by atoms with E-state index in [4.69, 9.17) is 28.4 Å². The number of nitrogens with one attached hydrogen (secondary N) is 1. The lowest BCUT2D eigenvalue weighted by atomic mass is 9.96. The second kappa shape index (κ2) is 49.0. The molecule has 3 aliphatic heterocycles. The van der Waals surface area contributed by atoms with E-state index in [2.05, 4.69) is 79.9 Å². The summed E-state index contributed by atoms with van der Waals surface area (Å²) in [6.45, 7) is 1.50. The highest BCUT2D eigenvalue weighted by Gasteiger charge is 2.53. The molecule has 19 nitrogen and oxygen atoms in total. The summed E-state index contributed by atoms with van der Waals surface area (Å²) < 4.78 is 34.1. The first-order chi connectivity index (χ1) is 41.8. The van der Waals surface area contributed by atoms with E-state index in [1.165, 1.54) is 103 Å².